The van der Waals surface area contributed by atoms with Gasteiger partial charge in [-0.15, -0.1) is 0 Å². The van der Waals surface area contributed by atoms with Crippen molar-refractivity contribution in [2.75, 3.05) is 0 Å². The lowest BCUT2D eigenvalue weighted by atomic mass is 10.1. The molecule has 0 bridgehead atoms. The first-order valence-corrected chi connectivity index (χ1v) is 4.98. The third-order valence-corrected chi connectivity index (χ3v) is 3.29. The first-order chi connectivity index (χ1) is 6.86. The first-order valence-electron chi connectivity index (χ1n) is 3.47. The first kappa shape index (κ1) is 12.6. The Balaban J connectivity index is 3.45. The van der Waals surface area contributed by atoms with Crippen molar-refractivity contribution >= 4 is 58.2 Å². The molecule has 1 aromatic rings. The molecule has 0 saturated carbocycles. The molecule has 0 amide bonds. The van der Waals surface area contributed by atoms with E-state index in [-0.39, 0.29) is 25.7 Å². The van der Waals surface area contributed by atoms with Gasteiger partial charge in [0.2, 0.25) is 0 Å². The Morgan fingerprint density at radius 3 is 2.00 bits per heavy atom. The fraction of sp³-hybridized carbons (Fsp3) is 0. The van der Waals surface area contributed by atoms with Gasteiger partial charge >= 0.3 is 5.97 Å². The number of carbonyl (C=O) groups excluding carboxylic acids is 1. The molecular weight excluding hydrogens is 286 g/mol. The van der Waals surface area contributed by atoms with Crippen LogP contribution in [0.1, 0.15) is 10.4 Å². The molecule has 7 heteroatoms. The number of benzene rings is 1. The van der Waals surface area contributed by atoms with Gasteiger partial charge in [0, 0.05) is 0 Å². The number of halogens is 4. The van der Waals surface area contributed by atoms with Crippen molar-refractivity contribution in [1.29, 1.82) is 0 Å². The molecule has 0 saturated heterocycles. The standard InChI is InChI=1S/C8H2Cl4O3/c9-3-1-2(7(13)8(14)15)4(10)6(12)5(3)11/h1H,(H,14,15). The van der Waals surface area contributed by atoms with E-state index in [0.29, 0.717) is 0 Å². The lowest BCUT2D eigenvalue weighted by molar-refractivity contribution is -0.131. The molecule has 0 atom stereocenters. The molecule has 1 rings (SSSR count). The van der Waals surface area contributed by atoms with Gasteiger partial charge in [-0.3, -0.25) is 4.79 Å². The quantitative estimate of drug-likeness (QED) is 0.392. The van der Waals surface area contributed by atoms with Gasteiger partial charge in [0.15, 0.2) is 0 Å². The van der Waals surface area contributed by atoms with Crippen LogP contribution >= 0.6 is 46.4 Å². The minimum absolute atomic E-state index is 0.0229. The average Bonchev–Trinajstić information content (AvgIpc) is 2.19. The largest absolute Gasteiger partial charge is 0.475 e. The number of hydrogen-bond donors (Lipinski definition) is 1. The van der Waals surface area contributed by atoms with E-state index in [4.69, 9.17) is 51.5 Å². The maximum absolute atomic E-state index is 11.1. The Labute approximate surface area is 104 Å². The molecule has 3 nitrogen and oxygen atoms in total. The van der Waals surface area contributed by atoms with Crippen molar-refractivity contribution in [2.24, 2.45) is 0 Å². The van der Waals surface area contributed by atoms with Gasteiger partial charge in [0.25, 0.3) is 5.78 Å². The van der Waals surface area contributed by atoms with E-state index >= 15 is 0 Å². The summed E-state index contributed by atoms with van der Waals surface area (Å²) < 4.78 is 0. The number of aliphatic carboxylic acids is 1. The zero-order valence-electron chi connectivity index (χ0n) is 6.85. The molecule has 0 aliphatic rings. The molecule has 0 aliphatic heterocycles. The average molecular weight is 288 g/mol. The number of carbonyl (C=O) groups is 2. The van der Waals surface area contributed by atoms with Crippen LogP contribution in [0, 0.1) is 0 Å². The Hall–Kier alpha value is -0.480. The summed E-state index contributed by atoms with van der Waals surface area (Å²) in [6.07, 6.45) is 0. The van der Waals surface area contributed by atoms with Crippen molar-refractivity contribution in [1.82, 2.24) is 0 Å². The molecule has 1 N–H and O–H groups in total. The zero-order valence-corrected chi connectivity index (χ0v) is 9.88. The van der Waals surface area contributed by atoms with Crippen molar-refractivity contribution in [2.45, 2.75) is 0 Å². The summed E-state index contributed by atoms with van der Waals surface area (Å²) in [5.41, 5.74) is -0.288. The summed E-state index contributed by atoms with van der Waals surface area (Å²) in [6, 6.07) is 1.06. The fourth-order valence-electron chi connectivity index (χ4n) is 0.853. The van der Waals surface area contributed by atoms with Gasteiger partial charge < -0.3 is 5.11 Å². The molecule has 0 aliphatic carbocycles. The molecule has 80 valence electrons. The number of hydrogen-bond acceptors (Lipinski definition) is 2. The zero-order chi connectivity index (χ0) is 11.7. The highest BCUT2D eigenvalue weighted by molar-refractivity contribution is 6.54. The Morgan fingerprint density at radius 1 is 1.00 bits per heavy atom. The van der Waals surface area contributed by atoms with Crippen LogP contribution in [0.2, 0.25) is 20.1 Å². The minimum Gasteiger partial charge on any atom is -0.475 e. The van der Waals surface area contributed by atoms with Gasteiger partial charge in [-0.05, 0) is 6.07 Å². The fourth-order valence-corrected chi connectivity index (χ4v) is 1.74. The molecule has 0 heterocycles. The molecule has 0 unspecified atom stereocenters. The van der Waals surface area contributed by atoms with E-state index in [9.17, 15) is 9.59 Å². The monoisotopic (exact) mass is 286 g/mol. The van der Waals surface area contributed by atoms with Crippen LogP contribution in [-0.2, 0) is 4.79 Å². The molecule has 0 spiro atoms. The van der Waals surface area contributed by atoms with Crippen molar-refractivity contribution in [3.8, 4) is 0 Å². The van der Waals surface area contributed by atoms with Crippen molar-refractivity contribution in [3.63, 3.8) is 0 Å². The highest BCUT2D eigenvalue weighted by Crippen LogP contribution is 2.38. The second-order valence-electron chi connectivity index (χ2n) is 2.48. The molecular formula is C8H2Cl4O3. The second kappa shape index (κ2) is 4.58. The van der Waals surface area contributed by atoms with Crippen LogP contribution in [0.4, 0.5) is 0 Å². The highest BCUT2D eigenvalue weighted by Gasteiger charge is 2.22. The summed E-state index contributed by atoms with van der Waals surface area (Å²) in [5.74, 6) is -2.84. The molecule has 0 aromatic heterocycles. The maximum Gasteiger partial charge on any atom is 0.377 e. The molecule has 0 fully saturated rings. The smallest absolute Gasteiger partial charge is 0.377 e. The predicted octanol–water partition coefficient (Wildman–Crippen LogP) is 3.57. The molecule has 15 heavy (non-hydrogen) atoms. The third-order valence-electron chi connectivity index (χ3n) is 1.54. The number of carboxylic acids is 1. The highest BCUT2D eigenvalue weighted by atomic mass is 35.5. The summed E-state index contributed by atoms with van der Waals surface area (Å²) in [5, 5.41) is 8.06. The van der Waals surface area contributed by atoms with E-state index in [1.807, 2.05) is 0 Å². The summed E-state index contributed by atoms with van der Waals surface area (Å²) in [6.45, 7) is 0. The van der Waals surface area contributed by atoms with Crippen LogP contribution in [0.5, 0.6) is 0 Å². The van der Waals surface area contributed by atoms with Crippen LogP contribution in [0.15, 0.2) is 6.07 Å². The maximum atomic E-state index is 11.1. The van der Waals surface area contributed by atoms with Crippen LogP contribution < -0.4 is 0 Å². The van der Waals surface area contributed by atoms with Crippen molar-refractivity contribution in [3.05, 3.63) is 31.7 Å². The Kier molecular flexibility index (Phi) is 3.84. The van der Waals surface area contributed by atoms with Gasteiger partial charge in [-0.25, -0.2) is 4.79 Å². The van der Waals surface area contributed by atoms with E-state index in [0.717, 1.165) is 6.07 Å². The second-order valence-corrected chi connectivity index (χ2v) is 4.02. The van der Waals surface area contributed by atoms with Gasteiger partial charge in [0.05, 0.1) is 25.7 Å². The van der Waals surface area contributed by atoms with Crippen LogP contribution in [0.25, 0.3) is 0 Å². The summed E-state index contributed by atoms with van der Waals surface area (Å²) in [4.78, 5) is 21.6. The minimum atomic E-state index is -1.65. The van der Waals surface area contributed by atoms with Crippen LogP contribution in [0.3, 0.4) is 0 Å². The Morgan fingerprint density at radius 2 is 1.53 bits per heavy atom. The number of rotatable bonds is 2. The third kappa shape index (κ3) is 2.37. The van der Waals surface area contributed by atoms with E-state index in [1.54, 1.807) is 0 Å². The molecule has 1 aromatic carbocycles. The van der Waals surface area contributed by atoms with E-state index < -0.39 is 11.8 Å². The predicted molar refractivity (Wildman–Crippen MR) is 58.4 cm³/mol. The number of ketones is 1. The van der Waals surface area contributed by atoms with Crippen LogP contribution in [-0.4, -0.2) is 16.9 Å². The summed E-state index contributed by atoms with van der Waals surface area (Å²) >= 11 is 22.5. The van der Waals surface area contributed by atoms with Gasteiger partial charge in [-0.1, -0.05) is 46.4 Å². The van der Waals surface area contributed by atoms with E-state index in [2.05, 4.69) is 0 Å². The Bertz CT molecular complexity index is 456. The summed E-state index contributed by atoms with van der Waals surface area (Å²) in [7, 11) is 0. The molecule has 0 radical (unpaired) electrons. The van der Waals surface area contributed by atoms with Crippen molar-refractivity contribution < 1.29 is 14.7 Å². The SMILES string of the molecule is O=C(O)C(=O)c1cc(Cl)c(Cl)c(Cl)c1Cl. The topological polar surface area (TPSA) is 54.4 Å². The number of Topliss-reactive ketones (excluding diaryl/α,β-unsaturated/α-hetero) is 1. The lowest BCUT2D eigenvalue weighted by Gasteiger charge is -2.05. The van der Waals surface area contributed by atoms with E-state index in [1.165, 1.54) is 0 Å². The normalized spacial score (nSPS) is 10.1. The lowest BCUT2D eigenvalue weighted by Crippen LogP contribution is -2.13. The van der Waals surface area contributed by atoms with Gasteiger partial charge in [-0.2, -0.15) is 0 Å². The van der Waals surface area contributed by atoms with Gasteiger partial charge in [0.1, 0.15) is 0 Å². The number of carboxylic acid groups (broad SMARTS) is 1.